The zero-order valence-electron chi connectivity index (χ0n) is 6.88. The molecule has 2 nitrogen and oxygen atoms in total. The third kappa shape index (κ3) is 1.19. The molecule has 0 bridgehead atoms. The maximum absolute atomic E-state index is 5.82. The molecule has 2 rings (SSSR count). The summed E-state index contributed by atoms with van der Waals surface area (Å²) < 4.78 is 0. The molecular formula is C8H16N2S. The van der Waals surface area contributed by atoms with Crippen LogP contribution in [0.4, 0.5) is 0 Å². The molecule has 1 unspecified atom stereocenters. The predicted molar refractivity (Wildman–Crippen MR) is 49.9 cm³/mol. The van der Waals surface area contributed by atoms with E-state index >= 15 is 0 Å². The molecule has 0 aliphatic carbocycles. The minimum absolute atomic E-state index is 0.406. The van der Waals surface area contributed by atoms with Crippen LogP contribution < -0.4 is 5.73 Å². The third-order valence-corrected chi connectivity index (χ3v) is 4.22. The molecule has 11 heavy (non-hydrogen) atoms. The normalized spacial score (nSPS) is 39.0. The molecule has 0 amide bonds. The SMILES string of the molecule is NCC1(N2CCC2)CCSC1. The van der Waals surface area contributed by atoms with Crippen molar-refractivity contribution >= 4 is 11.8 Å². The highest BCUT2D eigenvalue weighted by Gasteiger charge is 2.40. The van der Waals surface area contributed by atoms with E-state index < -0.39 is 0 Å². The Hall–Kier alpha value is 0.270. The van der Waals surface area contributed by atoms with E-state index in [1.54, 1.807) is 0 Å². The van der Waals surface area contributed by atoms with Crippen molar-refractivity contribution in [2.75, 3.05) is 31.1 Å². The molecule has 0 saturated carbocycles. The van der Waals surface area contributed by atoms with Gasteiger partial charge in [0.25, 0.3) is 0 Å². The molecule has 0 aromatic carbocycles. The molecule has 2 fully saturated rings. The highest BCUT2D eigenvalue weighted by atomic mass is 32.2. The smallest absolute Gasteiger partial charge is 0.0429 e. The van der Waals surface area contributed by atoms with Gasteiger partial charge < -0.3 is 5.73 Å². The first-order valence-electron chi connectivity index (χ1n) is 4.40. The van der Waals surface area contributed by atoms with Crippen molar-refractivity contribution in [1.82, 2.24) is 4.90 Å². The van der Waals surface area contributed by atoms with E-state index in [2.05, 4.69) is 16.7 Å². The Balaban J connectivity index is 2.02. The van der Waals surface area contributed by atoms with Crippen LogP contribution in [0.25, 0.3) is 0 Å². The largest absolute Gasteiger partial charge is 0.329 e. The van der Waals surface area contributed by atoms with Crippen molar-refractivity contribution in [1.29, 1.82) is 0 Å². The van der Waals surface area contributed by atoms with Gasteiger partial charge in [-0.05, 0) is 31.7 Å². The summed E-state index contributed by atoms with van der Waals surface area (Å²) >= 11 is 2.06. The van der Waals surface area contributed by atoms with Crippen molar-refractivity contribution in [3.05, 3.63) is 0 Å². The van der Waals surface area contributed by atoms with Gasteiger partial charge in [0.15, 0.2) is 0 Å². The number of nitrogens with zero attached hydrogens (tertiary/aromatic N) is 1. The zero-order valence-corrected chi connectivity index (χ0v) is 7.70. The number of thioether (sulfide) groups is 1. The van der Waals surface area contributed by atoms with E-state index in [9.17, 15) is 0 Å². The number of nitrogens with two attached hydrogens (primary N) is 1. The van der Waals surface area contributed by atoms with Gasteiger partial charge in [0.05, 0.1) is 0 Å². The van der Waals surface area contributed by atoms with E-state index in [1.807, 2.05) is 0 Å². The minimum Gasteiger partial charge on any atom is -0.329 e. The molecule has 0 aromatic rings. The van der Waals surface area contributed by atoms with Crippen molar-refractivity contribution in [2.45, 2.75) is 18.4 Å². The Morgan fingerprint density at radius 1 is 1.45 bits per heavy atom. The predicted octanol–water partition coefficient (Wildman–Crippen LogP) is 0.526. The van der Waals surface area contributed by atoms with Crippen LogP contribution in [0.2, 0.25) is 0 Å². The van der Waals surface area contributed by atoms with Gasteiger partial charge in [-0.3, -0.25) is 4.90 Å². The Labute approximate surface area is 72.5 Å². The third-order valence-electron chi connectivity index (χ3n) is 2.99. The molecule has 0 radical (unpaired) electrons. The van der Waals surface area contributed by atoms with Gasteiger partial charge in [-0.1, -0.05) is 0 Å². The lowest BCUT2D eigenvalue weighted by Gasteiger charge is -2.45. The van der Waals surface area contributed by atoms with Crippen LogP contribution in [0, 0.1) is 0 Å². The Kier molecular flexibility index (Phi) is 2.12. The monoisotopic (exact) mass is 172 g/mol. The Morgan fingerprint density at radius 2 is 2.27 bits per heavy atom. The van der Waals surface area contributed by atoms with Crippen molar-refractivity contribution in [2.24, 2.45) is 5.73 Å². The minimum atomic E-state index is 0.406. The second-order valence-electron chi connectivity index (χ2n) is 3.57. The fourth-order valence-corrected chi connectivity index (χ4v) is 3.42. The highest BCUT2D eigenvalue weighted by Crippen LogP contribution is 2.35. The molecule has 2 aliphatic heterocycles. The molecule has 2 aliphatic rings. The molecule has 64 valence electrons. The van der Waals surface area contributed by atoms with Crippen molar-refractivity contribution in [3.8, 4) is 0 Å². The van der Waals surface area contributed by atoms with Gasteiger partial charge in [-0.25, -0.2) is 0 Å². The second kappa shape index (κ2) is 2.96. The fourth-order valence-electron chi connectivity index (χ4n) is 1.93. The van der Waals surface area contributed by atoms with E-state index in [-0.39, 0.29) is 0 Å². The van der Waals surface area contributed by atoms with Crippen molar-refractivity contribution < 1.29 is 0 Å². The van der Waals surface area contributed by atoms with E-state index in [0.717, 1.165) is 6.54 Å². The summed E-state index contributed by atoms with van der Waals surface area (Å²) in [5.74, 6) is 2.58. The average Bonchev–Trinajstić information content (AvgIpc) is 2.34. The molecule has 2 N–H and O–H groups in total. The molecule has 2 heterocycles. The second-order valence-corrected chi connectivity index (χ2v) is 4.68. The van der Waals surface area contributed by atoms with Crippen LogP contribution in [-0.2, 0) is 0 Å². The summed E-state index contributed by atoms with van der Waals surface area (Å²) in [6.07, 6.45) is 2.70. The fraction of sp³-hybridized carbons (Fsp3) is 1.00. The molecule has 1 atom stereocenters. The number of hydrogen-bond donors (Lipinski definition) is 1. The number of rotatable bonds is 2. The van der Waals surface area contributed by atoms with Gasteiger partial charge >= 0.3 is 0 Å². The van der Waals surface area contributed by atoms with Crippen LogP contribution in [0.3, 0.4) is 0 Å². The van der Waals surface area contributed by atoms with Gasteiger partial charge in [-0.2, -0.15) is 11.8 Å². The summed E-state index contributed by atoms with van der Waals surface area (Å²) in [4.78, 5) is 2.58. The Bertz CT molecular complexity index is 139. The average molecular weight is 172 g/mol. The molecule has 3 heteroatoms. The van der Waals surface area contributed by atoms with Crippen LogP contribution in [0.15, 0.2) is 0 Å². The topological polar surface area (TPSA) is 29.3 Å². The molecule has 0 spiro atoms. The summed E-state index contributed by atoms with van der Waals surface area (Å²) in [5.41, 5.74) is 6.23. The van der Waals surface area contributed by atoms with E-state index in [0.29, 0.717) is 5.54 Å². The highest BCUT2D eigenvalue weighted by molar-refractivity contribution is 7.99. The van der Waals surface area contributed by atoms with Crippen LogP contribution in [0.1, 0.15) is 12.8 Å². The molecule has 0 aromatic heterocycles. The summed E-state index contributed by atoms with van der Waals surface area (Å²) in [5, 5.41) is 0. The van der Waals surface area contributed by atoms with E-state index in [4.69, 9.17) is 5.73 Å². The van der Waals surface area contributed by atoms with E-state index in [1.165, 1.54) is 37.4 Å². The van der Waals surface area contributed by atoms with Gasteiger partial charge in [0.1, 0.15) is 0 Å². The van der Waals surface area contributed by atoms with Gasteiger partial charge in [-0.15, -0.1) is 0 Å². The van der Waals surface area contributed by atoms with Crippen LogP contribution >= 0.6 is 11.8 Å². The standard InChI is InChI=1S/C8H16N2S/c9-6-8(2-5-11-7-8)10-3-1-4-10/h1-7,9H2. The number of likely N-dealkylation sites (tertiary alicyclic amines) is 1. The van der Waals surface area contributed by atoms with Crippen molar-refractivity contribution in [3.63, 3.8) is 0 Å². The lowest BCUT2D eigenvalue weighted by atomic mass is 9.93. The summed E-state index contributed by atoms with van der Waals surface area (Å²) in [6, 6.07) is 0. The van der Waals surface area contributed by atoms with Crippen LogP contribution in [0.5, 0.6) is 0 Å². The summed E-state index contributed by atoms with van der Waals surface area (Å²) in [7, 11) is 0. The Morgan fingerprint density at radius 3 is 2.64 bits per heavy atom. The summed E-state index contributed by atoms with van der Waals surface area (Å²) in [6.45, 7) is 3.44. The first kappa shape index (κ1) is 7.90. The van der Waals surface area contributed by atoms with Crippen LogP contribution in [-0.4, -0.2) is 41.6 Å². The first-order chi connectivity index (χ1) is 5.37. The quantitative estimate of drug-likeness (QED) is 0.659. The zero-order chi connectivity index (χ0) is 7.73. The lowest BCUT2D eigenvalue weighted by Crippen LogP contribution is -2.59. The molecule has 2 saturated heterocycles. The maximum atomic E-state index is 5.82. The number of hydrogen-bond acceptors (Lipinski definition) is 3. The van der Waals surface area contributed by atoms with Gasteiger partial charge in [0, 0.05) is 17.8 Å². The van der Waals surface area contributed by atoms with Gasteiger partial charge in [0.2, 0.25) is 0 Å². The maximum Gasteiger partial charge on any atom is 0.0429 e. The first-order valence-corrected chi connectivity index (χ1v) is 5.56. The molecular weight excluding hydrogens is 156 g/mol. The lowest BCUT2D eigenvalue weighted by molar-refractivity contribution is 0.0535.